The summed E-state index contributed by atoms with van der Waals surface area (Å²) in [7, 11) is 0. The van der Waals surface area contributed by atoms with Gasteiger partial charge in [-0.05, 0) is 29.7 Å². The summed E-state index contributed by atoms with van der Waals surface area (Å²) in [6.45, 7) is 1.69. The van der Waals surface area contributed by atoms with Crippen LogP contribution in [-0.4, -0.2) is 46.7 Å². The summed E-state index contributed by atoms with van der Waals surface area (Å²) in [4.78, 5) is 2.28. The number of aliphatic hydroxyl groups excluding tert-OH is 2. The molecule has 0 aromatic heterocycles. The second-order valence-corrected chi connectivity index (χ2v) is 6.42. The Balaban J connectivity index is 1.76. The Hall–Kier alpha value is -1.56. The summed E-state index contributed by atoms with van der Waals surface area (Å²) in [6, 6.07) is 4.22. The lowest BCUT2D eigenvalue weighted by atomic mass is 9.65. The van der Waals surface area contributed by atoms with Crippen LogP contribution in [0.5, 0.6) is 11.5 Å². The molecule has 1 fully saturated rings. The zero-order valence-electron chi connectivity index (χ0n) is 11.5. The van der Waals surface area contributed by atoms with Crippen molar-refractivity contribution in [2.24, 2.45) is 0 Å². The predicted octanol–water partition coefficient (Wildman–Crippen LogP) is 0.533. The topological polar surface area (TPSA) is 62.2 Å². The standard InChI is InChI=1S/C16H17NO4/c18-10-1-2-16-11-5-13-12(20-8-21-13)3-9(11)6-17(7-15(16)19)14(16)4-10/h1-3,5,10,14-15,18-19H,4,6-8H2/t10-,14?,15-,16-/m0/s1. The lowest BCUT2D eigenvalue weighted by Gasteiger charge is -2.45. The van der Waals surface area contributed by atoms with Crippen LogP contribution in [-0.2, 0) is 12.0 Å². The molecule has 21 heavy (non-hydrogen) atoms. The zero-order valence-corrected chi connectivity index (χ0v) is 11.5. The molecule has 1 aromatic carbocycles. The molecule has 2 unspecified atom stereocenters. The molecule has 1 aliphatic carbocycles. The van der Waals surface area contributed by atoms with E-state index < -0.39 is 17.6 Å². The van der Waals surface area contributed by atoms with Gasteiger partial charge >= 0.3 is 0 Å². The molecule has 5 heteroatoms. The van der Waals surface area contributed by atoms with Gasteiger partial charge in [-0.25, -0.2) is 0 Å². The van der Waals surface area contributed by atoms with Crippen molar-refractivity contribution in [1.29, 1.82) is 0 Å². The number of fused-ring (bicyclic) bond motifs is 2. The number of ether oxygens (including phenoxy) is 2. The fraction of sp³-hybridized carbons (Fsp3) is 0.500. The molecule has 110 valence electrons. The maximum absolute atomic E-state index is 10.7. The van der Waals surface area contributed by atoms with Gasteiger partial charge in [0.05, 0.1) is 17.6 Å². The summed E-state index contributed by atoms with van der Waals surface area (Å²) in [5, 5.41) is 20.7. The van der Waals surface area contributed by atoms with E-state index in [1.165, 1.54) is 5.56 Å². The van der Waals surface area contributed by atoms with Crippen LogP contribution in [0.4, 0.5) is 0 Å². The van der Waals surface area contributed by atoms with Crippen molar-refractivity contribution in [1.82, 2.24) is 4.90 Å². The lowest BCUT2D eigenvalue weighted by molar-refractivity contribution is 0.0937. The van der Waals surface area contributed by atoms with Crippen LogP contribution in [0.25, 0.3) is 0 Å². The van der Waals surface area contributed by atoms with E-state index in [-0.39, 0.29) is 12.8 Å². The Morgan fingerprint density at radius 1 is 1.19 bits per heavy atom. The first kappa shape index (κ1) is 12.0. The van der Waals surface area contributed by atoms with Crippen LogP contribution >= 0.6 is 0 Å². The summed E-state index contributed by atoms with van der Waals surface area (Å²) < 4.78 is 11.0. The monoisotopic (exact) mass is 287 g/mol. The third-order valence-corrected chi connectivity index (χ3v) is 5.45. The van der Waals surface area contributed by atoms with E-state index in [1.807, 2.05) is 24.3 Å². The highest BCUT2D eigenvalue weighted by Crippen LogP contribution is 2.53. The van der Waals surface area contributed by atoms with Gasteiger partial charge in [-0.1, -0.05) is 12.2 Å². The molecule has 5 atom stereocenters. The molecule has 0 amide bonds. The van der Waals surface area contributed by atoms with Crippen molar-refractivity contribution in [2.75, 3.05) is 13.3 Å². The molecule has 0 saturated carbocycles. The van der Waals surface area contributed by atoms with Crippen LogP contribution < -0.4 is 9.47 Å². The smallest absolute Gasteiger partial charge is 0.231 e. The van der Waals surface area contributed by atoms with Crippen LogP contribution in [0.1, 0.15) is 17.5 Å². The van der Waals surface area contributed by atoms with Crippen molar-refractivity contribution in [3.8, 4) is 11.5 Å². The van der Waals surface area contributed by atoms with Crippen molar-refractivity contribution in [3.63, 3.8) is 0 Å². The van der Waals surface area contributed by atoms with Gasteiger partial charge in [0.2, 0.25) is 6.79 Å². The van der Waals surface area contributed by atoms with Gasteiger partial charge in [-0.15, -0.1) is 0 Å². The third kappa shape index (κ3) is 1.36. The number of rotatable bonds is 0. The van der Waals surface area contributed by atoms with Gasteiger partial charge in [0.15, 0.2) is 11.5 Å². The highest BCUT2D eigenvalue weighted by atomic mass is 16.7. The molecular weight excluding hydrogens is 270 g/mol. The van der Waals surface area contributed by atoms with Crippen molar-refractivity contribution < 1.29 is 19.7 Å². The Bertz CT molecular complexity index is 658. The first-order valence-electron chi connectivity index (χ1n) is 7.41. The average molecular weight is 287 g/mol. The SMILES string of the molecule is O[C@H]1C=C[C@@]23c4cc5c(cc4CN(C[C@@H]2O)C3C1)OCO5. The number of hydrogen-bond donors (Lipinski definition) is 2. The fourth-order valence-electron chi connectivity index (χ4n) is 4.53. The maximum Gasteiger partial charge on any atom is 0.231 e. The van der Waals surface area contributed by atoms with Crippen molar-refractivity contribution in [2.45, 2.75) is 36.6 Å². The second kappa shape index (κ2) is 3.80. The minimum atomic E-state index is -0.451. The van der Waals surface area contributed by atoms with Crippen molar-refractivity contribution >= 4 is 0 Å². The fourth-order valence-corrected chi connectivity index (χ4v) is 4.53. The maximum atomic E-state index is 10.7. The number of benzene rings is 1. The van der Waals surface area contributed by atoms with Crippen LogP contribution in [0.2, 0.25) is 0 Å². The molecular formula is C16H17NO4. The number of hydrogen-bond acceptors (Lipinski definition) is 5. The largest absolute Gasteiger partial charge is 0.454 e. The van der Waals surface area contributed by atoms with E-state index in [1.54, 1.807) is 0 Å². The summed E-state index contributed by atoms with van der Waals surface area (Å²) >= 11 is 0. The second-order valence-electron chi connectivity index (χ2n) is 6.42. The molecule has 4 aliphatic rings. The Labute approximate surface area is 122 Å². The lowest BCUT2D eigenvalue weighted by Crippen LogP contribution is -2.52. The highest BCUT2D eigenvalue weighted by Gasteiger charge is 2.58. The molecule has 5 rings (SSSR count). The number of nitrogens with zero attached hydrogens (tertiary/aromatic N) is 1. The van der Waals surface area contributed by atoms with E-state index in [0.29, 0.717) is 13.0 Å². The summed E-state index contributed by atoms with van der Waals surface area (Å²) in [5.74, 6) is 1.55. The van der Waals surface area contributed by atoms with E-state index in [9.17, 15) is 10.2 Å². The normalized spacial score (nSPS) is 41.8. The summed E-state index contributed by atoms with van der Waals surface area (Å²) in [6.07, 6.45) is 3.63. The van der Waals surface area contributed by atoms with E-state index in [2.05, 4.69) is 4.90 Å². The molecule has 3 aliphatic heterocycles. The molecule has 1 aromatic rings. The van der Waals surface area contributed by atoms with E-state index in [4.69, 9.17) is 9.47 Å². The van der Waals surface area contributed by atoms with E-state index >= 15 is 0 Å². The van der Waals surface area contributed by atoms with Gasteiger partial charge in [-0.2, -0.15) is 0 Å². The predicted molar refractivity (Wildman–Crippen MR) is 74.2 cm³/mol. The van der Waals surface area contributed by atoms with Gasteiger partial charge in [0.25, 0.3) is 0 Å². The Morgan fingerprint density at radius 3 is 2.86 bits per heavy atom. The Kier molecular flexibility index (Phi) is 2.17. The number of aliphatic hydroxyl groups is 2. The minimum absolute atomic E-state index is 0.153. The molecule has 0 spiro atoms. The molecule has 2 bridgehead atoms. The van der Waals surface area contributed by atoms with Crippen LogP contribution in [0.3, 0.4) is 0 Å². The zero-order chi connectivity index (χ0) is 14.2. The Morgan fingerprint density at radius 2 is 2.00 bits per heavy atom. The first-order chi connectivity index (χ1) is 10.2. The molecule has 0 radical (unpaired) electrons. The van der Waals surface area contributed by atoms with Gasteiger partial charge in [0.1, 0.15) is 0 Å². The van der Waals surface area contributed by atoms with Gasteiger partial charge in [-0.3, -0.25) is 4.90 Å². The quantitative estimate of drug-likeness (QED) is 0.682. The summed E-state index contributed by atoms with van der Waals surface area (Å²) in [5.41, 5.74) is 1.89. The first-order valence-corrected chi connectivity index (χ1v) is 7.41. The van der Waals surface area contributed by atoms with Crippen LogP contribution in [0, 0.1) is 0 Å². The van der Waals surface area contributed by atoms with Gasteiger partial charge in [0, 0.05) is 19.1 Å². The van der Waals surface area contributed by atoms with Gasteiger partial charge < -0.3 is 19.7 Å². The average Bonchev–Trinajstić information content (AvgIpc) is 2.99. The molecule has 3 heterocycles. The van der Waals surface area contributed by atoms with E-state index in [0.717, 1.165) is 23.6 Å². The highest BCUT2D eigenvalue weighted by molar-refractivity contribution is 5.56. The van der Waals surface area contributed by atoms with Crippen LogP contribution in [0.15, 0.2) is 24.3 Å². The molecule has 1 saturated heterocycles. The molecule has 2 N–H and O–H groups in total. The van der Waals surface area contributed by atoms with Crippen molar-refractivity contribution in [3.05, 3.63) is 35.4 Å². The minimum Gasteiger partial charge on any atom is -0.454 e. The third-order valence-electron chi connectivity index (χ3n) is 5.45. The molecule has 5 nitrogen and oxygen atoms in total.